The van der Waals surface area contributed by atoms with Gasteiger partial charge in [0.2, 0.25) is 5.91 Å². The summed E-state index contributed by atoms with van der Waals surface area (Å²) in [6.45, 7) is 4.96. The van der Waals surface area contributed by atoms with E-state index in [4.69, 9.17) is 9.97 Å². The highest BCUT2D eigenvalue weighted by molar-refractivity contribution is 7.98. The molecule has 8 nitrogen and oxygen atoms in total. The maximum Gasteiger partial charge on any atom is 0.251 e. The molecule has 3 heterocycles. The third kappa shape index (κ3) is 7.24. The van der Waals surface area contributed by atoms with Gasteiger partial charge in [-0.3, -0.25) is 14.6 Å². The average molecular weight is 553 g/mol. The van der Waals surface area contributed by atoms with Gasteiger partial charge >= 0.3 is 0 Å². The second-order valence-corrected chi connectivity index (χ2v) is 10.5. The molecule has 2 aromatic carbocycles. The Labute approximate surface area is 238 Å². The van der Waals surface area contributed by atoms with Gasteiger partial charge in [0.1, 0.15) is 5.82 Å². The number of rotatable bonds is 9. The number of benzene rings is 2. The van der Waals surface area contributed by atoms with Crippen molar-refractivity contribution in [2.24, 2.45) is 0 Å². The van der Waals surface area contributed by atoms with E-state index in [0.717, 1.165) is 41.4 Å². The third-order valence-electron chi connectivity index (χ3n) is 6.76. The average Bonchev–Trinajstić information content (AvgIpc) is 3.01. The first-order valence-electron chi connectivity index (χ1n) is 13.4. The standard InChI is InChI=1S/C31H32N6O2S/c1-23(38)36-16-18-37(19-17-36)29-21-28(25-9-3-2-4-10-25)34-31(35-29)40-22-24-8-7-11-26(20-24)30(39)33-15-13-27-12-5-6-14-32-27/h2-12,14,20-21H,13,15-19,22H2,1H3,(H,33,39). The normalized spacial score (nSPS) is 13.2. The lowest BCUT2D eigenvalue weighted by Crippen LogP contribution is -2.48. The molecule has 1 aliphatic rings. The zero-order valence-corrected chi connectivity index (χ0v) is 23.3. The van der Waals surface area contributed by atoms with Gasteiger partial charge in [-0.15, -0.1) is 0 Å². The molecule has 0 atom stereocenters. The summed E-state index contributed by atoms with van der Waals surface area (Å²) in [5, 5.41) is 3.66. The molecule has 40 heavy (non-hydrogen) atoms. The van der Waals surface area contributed by atoms with Crippen LogP contribution in [0.3, 0.4) is 0 Å². The first-order valence-corrected chi connectivity index (χ1v) is 14.4. The molecule has 2 aromatic heterocycles. The van der Waals surface area contributed by atoms with Crippen LogP contribution in [0.5, 0.6) is 0 Å². The smallest absolute Gasteiger partial charge is 0.251 e. The molecule has 1 aliphatic heterocycles. The van der Waals surface area contributed by atoms with Crippen LogP contribution >= 0.6 is 11.8 Å². The van der Waals surface area contributed by atoms with Gasteiger partial charge in [-0.1, -0.05) is 60.3 Å². The number of pyridine rings is 1. The molecule has 0 unspecified atom stereocenters. The Kier molecular flexibility index (Phi) is 9.03. The lowest BCUT2D eigenvalue weighted by Gasteiger charge is -2.35. The lowest BCUT2D eigenvalue weighted by molar-refractivity contribution is -0.129. The minimum atomic E-state index is -0.0999. The number of nitrogens with one attached hydrogen (secondary N) is 1. The third-order valence-corrected chi connectivity index (χ3v) is 7.68. The van der Waals surface area contributed by atoms with Gasteiger partial charge in [0.15, 0.2) is 5.16 Å². The highest BCUT2D eigenvalue weighted by Gasteiger charge is 2.21. The van der Waals surface area contributed by atoms with Crippen LogP contribution in [-0.4, -0.2) is 64.4 Å². The van der Waals surface area contributed by atoms with E-state index in [2.05, 4.69) is 15.2 Å². The van der Waals surface area contributed by atoms with Crippen molar-refractivity contribution < 1.29 is 9.59 Å². The Morgan fingerprint density at radius 3 is 2.45 bits per heavy atom. The Hall–Kier alpha value is -4.24. The number of carbonyl (C=O) groups is 2. The van der Waals surface area contributed by atoms with E-state index >= 15 is 0 Å². The van der Waals surface area contributed by atoms with Crippen LogP contribution in [0.4, 0.5) is 5.82 Å². The maximum absolute atomic E-state index is 12.8. The topological polar surface area (TPSA) is 91.3 Å². The summed E-state index contributed by atoms with van der Waals surface area (Å²) < 4.78 is 0. The molecule has 0 aliphatic carbocycles. The molecule has 2 amide bonds. The summed E-state index contributed by atoms with van der Waals surface area (Å²) in [7, 11) is 0. The summed E-state index contributed by atoms with van der Waals surface area (Å²) >= 11 is 1.55. The second-order valence-electron chi connectivity index (χ2n) is 9.57. The number of carbonyl (C=O) groups excluding carboxylic acids is 2. The molecule has 5 rings (SSSR count). The Morgan fingerprint density at radius 1 is 0.900 bits per heavy atom. The SMILES string of the molecule is CC(=O)N1CCN(c2cc(-c3ccccc3)nc(SCc3cccc(C(=O)NCCc4ccccn4)c3)n2)CC1. The molecule has 9 heteroatoms. The Bertz CT molecular complexity index is 1440. The van der Waals surface area contributed by atoms with Crippen molar-refractivity contribution in [2.45, 2.75) is 24.3 Å². The molecule has 0 radical (unpaired) electrons. The van der Waals surface area contributed by atoms with Gasteiger partial charge in [0.25, 0.3) is 5.91 Å². The van der Waals surface area contributed by atoms with Gasteiger partial charge in [-0.25, -0.2) is 9.97 Å². The van der Waals surface area contributed by atoms with Crippen LogP contribution in [-0.2, 0) is 17.0 Å². The fourth-order valence-corrected chi connectivity index (χ4v) is 5.35. The molecule has 1 N–H and O–H groups in total. The van der Waals surface area contributed by atoms with Crippen molar-refractivity contribution in [2.75, 3.05) is 37.6 Å². The van der Waals surface area contributed by atoms with Crippen LogP contribution in [0.2, 0.25) is 0 Å². The van der Waals surface area contributed by atoms with Crippen LogP contribution in [0.1, 0.15) is 28.5 Å². The number of amides is 2. The van der Waals surface area contributed by atoms with Crippen molar-refractivity contribution >= 4 is 29.4 Å². The minimum absolute atomic E-state index is 0.0999. The van der Waals surface area contributed by atoms with Crippen molar-refractivity contribution in [1.29, 1.82) is 0 Å². The number of hydrogen-bond acceptors (Lipinski definition) is 7. The predicted octanol–water partition coefficient (Wildman–Crippen LogP) is 4.47. The first-order chi connectivity index (χ1) is 19.5. The molecular weight excluding hydrogens is 520 g/mol. The monoisotopic (exact) mass is 552 g/mol. The van der Waals surface area contributed by atoms with Crippen LogP contribution in [0, 0.1) is 0 Å². The van der Waals surface area contributed by atoms with Gasteiger partial charge in [0.05, 0.1) is 5.69 Å². The number of hydrogen-bond donors (Lipinski definition) is 1. The summed E-state index contributed by atoms with van der Waals surface area (Å²) in [6, 6.07) is 25.6. The summed E-state index contributed by atoms with van der Waals surface area (Å²) in [4.78, 5) is 42.7. The van der Waals surface area contributed by atoms with Gasteiger partial charge in [-0.05, 0) is 29.8 Å². The van der Waals surface area contributed by atoms with Crippen molar-refractivity contribution in [1.82, 2.24) is 25.2 Å². The summed E-state index contributed by atoms with van der Waals surface area (Å²) in [5.74, 6) is 1.50. The summed E-state index contributed by atoms with van der Waals surface area (Å²) in [6.07, 6.45) is 2.44. The molecule has 0 saturated carbocycles. The number of thioether (sulfide) groups is 1. The van der Waals surface area contributed by atoms with Gasteiger partial charge < -0.3 is 15.1 Å². The zero-order valence-electron chi connectivity index (χ0n) is 22.5. The van der Waals surface area contributed by atoms with Crippen molar-refractivity contribution in [3.05, 3.63) is 102 Å². The van der Waals surface area contributed by atoms with E-state index in [-0.39, 0.29) is 11.8 Å². The fourth-order valence-electron chi connectivity index (χ4n) is 4.55. The highest BCUT2D eigenvalue weighted by Crippen LogP contribution is 2.28. The first kappa shape index (κ1) is 27.3. The second kappa shape index (κ2) is 13.2. The van der Waals surface area contributed by atoms with E-state index in [9.17, 15) is 9.59 Å². The minimum Gasteiger partial charge on any atom is -0.353 e. The quantitative estimate of drug-likeness (QED) is 0.242. The summed E-state index contributed by atoms with van der Waals surface area (Å²) in [5.41, 5.74) is 4.49. The number of anilines is 1. The van der Waals surface area contributed by atoms with E-state index in [1.807, 2.05) is 83.8 Å². The molecule has 1 fully saturated rings. The zero-order chi connectivity index (χ0) is 27.7. The van der Waals surface area contributed by atoms with Crippen molar-refractivity contribution in [3.8, 4) is 11.3 Å². The lowest BCUT2D eigenvalue weighted by atomic mass is 10.1. The molecule has 0 bridgehead atoms. The Balaban J connectivity index is 1.27. The van der Waals surface area contributed by atoms with E-state index in [1.54, 1.807) is 24.9 Å². The van der Waals surface area contributed by atoms with E-state index in [1.165, 1.54) is 0 Å². The number of aromatic nitrogens is 3. The molecule has 0 spiro atoms. The van der Waals surface area contributed by atoms with Crippen LogP contribution in [0.25, 0.3) is 11.3 Å². The van der Waals surface area contributed by atoms with Crippen LogP contribution < -0.4 is 10.2 Å². The molecule has 1 saturated heterocycles. The van der Waals surface area contributed by atoms with E-state index in [0.29, 0.717) is 42.5 Å². The number of piperazine rings is 1. The molecule has 204 valence electrons. The number of nitrogens with zero attached hydrogens (tertiary/aromatic N) is 5. The molecule has 4 aromatic rings. The maximum atomic E-state index is 12.8. The van der Waals surface area contributed by atoms with Gasteiger partial charge in [-0.2, -0.15) is 0 Å². The molecular formula is C31H32N6O2S. The Morgan fingerprint density at radius 2 is 1.70 bits per heavy atom. The highest BCUT2D eigenvalue weighted by atomic mass is 32.2. The fraction of sp³-hybridized carbons (Fsp3) is 0.258. The predicted molar refractivity (Wildman–Crippen MR) is 158 cm³/mol. The van der Waals surface area contributed by atoms with Gasteiger partial charge in [0, 0.05) is 80.9 Å². The largest absolute Gasteiger partial charge is 0.353 e. The van der Waals surface area contributed by atoms with Crippen molar-refractivity contribution in [3.63, 3.8) is 0 Å². The van der Waals surface area contributed by atoms with E-state index < -0.39 is 0 Å². The van der Waals surface area contributed by atoms with Crippen LogP contribution in [0.15, 0.2) is 90.2 Å².